The second-order valence-electron chi connectivity index (χ2n) is 6.56. The fourth-order valence-electron chi connectivity index (χ4n) is 3.22. The third-order valence-corrected chi connectivity index (χ3v) is 4.78. The lowest BCUT2D eigenvalue weighted by Gasteiger charge is -2.26. The van der Waals surface area contributed by atoms with Crippen LogP contribution in [0.3, 0.4) is 0 Å². The molecule has 0 atom stereocenters. The summed E-state index contributed by atoms with van der Waals surface area (Å²) in [6, 6.07) is 17.1. The van der Waals surface area contributed by atoms with Crippen LogP contribution in [0.4, 0.5) is 10.5 Å². The minimum Gasteiger partial charge on any atom is -0.321 e. The van der Waals surface area contributed by atoms with Gasteiger partial charge < -0.3 is 4.57 Å². The Kier molecular flexibility index (Phi) is 4.78. The molecule has 0 bridgehead atoms. The third-order valence-electron chi connectivity index (χ3n) is 4.55. The van der Waals surface area contributed by atoms with Crippen LogP contribution in [0.15, 0.2) is 72.4 Å². The predicted octanol–water partition coefficient (Wildman–Crippen LogP) is 4.11. The zero-order valence-corrected chi connectivity index (χ0v) is 16.2. The number of carbonyl (C=O) groups excluding carboxylic acids is 3. The average molecular weight is 406 g/mol. The van der Waals surface area contributed by atoms with Crippen LogP contribution in [0, 0.1) is 6.92 Å². The lowest BCUT2D eigenvalue weighted by molar-refractivity contribution is -0.122. The molecule has 1 saturated heterocycles. The maximum Gasteiger partial charge on any atom is 0.335 e. The van der Waals surface area contributed by atoms with Crippen molar-refractivity contribution in [2.75, 3.05) is 4.90 Å². The second kappa shape index (κ2) is 7.41. The van der Waals surface area contributed by atoms with Crippen LogP contribution in [-0.2, 0) is 9.59 Å². The Hall–Kier alpha value is -3.64. The van der Waals surface area contributed by atoms with Crippen LogP contribution in [-0.4, -0.2) is 22.4 Å². The zero-order valence-electron chi connectivity index (χ0n) is 15.4. The van der Waals surface area contributed by atoms with Crippen molar-refractivity contribution >= 4 is 41.2 Å². The molecule has 144 valence electrons. The van der Waals surface area contributed by atoms with Crippen molar-refractivity contribution in [3.63, 3.8) is 0 Å². The summed E-state index contributed by atoms with van der Waals surface area (Å²) in [7, 11) is 0. The number of urea groups is 1. The van der Waals surface area contributed by atoms with Crippen molar-refractivity contribution in [2.24, 2.45) is 0 Å². The van der Waals surface area contributed by atoms with Crippen LogP contribution in [0.25, 0.3) is 11.8 Å². The van der Waals surface area contributed by atoms with E-state index in [0.29, 0.717) is 10.6 Å². The van der Waals surface area contributed by atoms with Gasteiger partial charge in [-0.1, -0.05) is 35.9 Å². The Labute approximate surface area is 172 Å². The van der Waals surface area contributed by atoms with Crippen molar-refractivity contribution in [3.05, 3.63) is 88.7 Å². The first-order valence-corrected chi connectivity index (χ1v) is 9.23. The Balaban J connectivity index is 1.72. The van der Waals surface area contributed by atoms with Gasteiger partial charge in [-0.2, -0.15) is 0 Å². The molecule has 0 radical (unpaired) electrons. The number of aryl methyl sites for hydroxylation is 1. The van der Waals surface area contributed by atoms with E-state index in [0.717, 1.165) is 16.3 Å². The first kappa shape index (κ1) is 18.7. The molecule has 2 heterocycles. The number of imide groups is 2. The van der Waals surface area contributed by atoms with Gasteiger partial charge in [-0.05, 0) is 55.0 Å². The Bertz CT molecular complexity index is 1170. The van der Waals surface area contributed by atoms with Gasteiger partial charge in [-0.3, -0.25) is 14.9 Å². The standard InChI is InChI=1S/C22H16ClN3O3/c1-14-10-15(13-25(14)17-7-3-2-4-8-17)11-19-20(27)24-22(29)26(21(19)28)18-9-5-6-16(23)12-18/h2-13H,1H3,(H,24,27,29)/b19-11-. The molecule has 1 aliphatic heterocycles. The lowest BCUT2D eigenvalue weighted by atomic mass is 10.1. The number of anilines is 1. The van der Waals surface area contributed by atoms with E-state index in [1.165, 1.54) is 12.1 Å². The van der Waals surface area contributed by atoms with Crippen molar-refractivity contribution < 1.29 is 14.4 Å². The van der Waals surface area contributed by atoms with Gasteiger partial charge in [0.05, 0.1) is 5.69 Å². The number of hydrogen-bond donors (Lipinski definition) is 1. The number of amides is 4. The highest BCUT2D eigenvalue weighted by molar-refractivity contribution is 6.39. The van der Waals surface area contributed by atoms with E-state index < -0.39 is 17.8 Å². The highest BCUT2D eigenvalue weighted by Crippen LogP contribution is 2.25. The van der Waals surface area contributed by atoms with Gasteiger partial charge >= 0.3 is 6.03 Å². The molecule has 7 heteroatoms. The SMILES string of the molecule is Cc1cc(/C=C2/C(=O)NC(=O)N(c3cccc(Cl)c3)C2=O)cn1-c1ccccc1. The van der Waals surface area contributed by atoms with E-state index in [1.54, 1.807) is 18.2 Å². The van der Waals surface area contributed by atoms with Gasteiger partial charge in [0.1, 0.15) is 5.57 Å². The Morgan fingerprint density at radius 3 is 2.38 bits per heavy atom. The fourth-order valence-corrected chi connectivity index (χ4v) is 3.40. The molecule has 0 aliphatic carbocycles. The molecule has 6 nitrogen and oxygen atoms in total. The van der Waals surface area contributed by atoms with Gasteiger partial charge in [-0.25, -0.2) is 9.69 Å². The van der Waals surface area contributed by atoms with Crippen molar-refractivity contribution in [2.45, 2.75) is 6.92 Å². The quantitative estimate of drug-likeness (QED) is 0.526. The van der Waals surface area contributed by atoms with Gasteiger partial charge in [-0.15, -0.1) is 0 Å². The number of hydrogen-bond acceptors (Lipinski definition) is 3. The summed E-state index contributed by atoms with van der Waals surface area (Å²) in [5, 5.41) is 2.59. The van der Waals surface area contributed by atoms with E-state index >= 15 is 0 Å². The molecule has 1 aliphatic rings. The Morgan fingerprint density at radius 2 is 1.66 bits per heavy atom. The van der Waals surface area contributed by atoms with E-state index in [9.17, 15) is 14.4 Å². The number of barbiturate groups is 1. The zero-order chi connectivity index (χ0) is 20.5. The number of aromatic nitrogens is 1. The maximum absolute atomic E-state index is 13.0. The predicted molar refractivity (Wildman–Crippen MR) is 111 cm³/mol. The molecule has 0 spiro atoms. The summed E-state index contributed by atoms with van der Waals surface area (Å²) in [6.07, 6.45) is 3.31. The van der Waals surface area contributed by atoms with E-state index in [1.807, 2.05) is 54.1 Å². The molecule has 3 aromatic rings. The number of rotatable bonds is 3. The van der Waals surface area contributed by atoms with Gasteiger partial charge in [0.2, 0.25) is 0 Å². The maximum atomic E-state index is 13.0. The number of halogens is 1. The fraction of sp³-hybridized carbons (Fsp3) is 0.0455. The number of nitrogens with one attached hydrogen (secondary N) is 1. The van der Waals surface area contributed by atoms with Crippen LogP contribution in [0.1, 0.15) is 11.3 Å². The smallest absolute Gasteiger partial charge is 0.321 e. The monoisotopic (exact) mass is 405 g/mol. The molecule has 1 fully saturated rings. The average Bonchev–Trinajstić information content (AvgIpc) is 3.06. The van der Waals surface area contributed by atoms with Crippen LogP contribution in [0.5, 0.6) is 0 Å². The lowest BCUT2D eigenvalue weighted by Crippen LogP contribution is -2.54. The first-order valence-electron chi connectivity index (χ1n) is 8.85. The molecule has 4 amide bonds. The summed E-state index contributed by atoms with van der Waals surface area (Å²) < 4.78 is 1.96. The van der Waals surface area contributed by atoms with Crippen LogP contribution in [0.2, 0.25) is 5.02 Å². The highest BCUT2D eigenvalue weighted by atomic mass is 35.5. The van der Waals surface area contributed by atoms with Crippen molar-refractivity contribution in [1.82, 2.24) is 9.88 Å². The molecule has 4 rings (SSSR count). The van der Waals surface area contributed by atoms with Crippen LogP contribution < -0.4 is 10.2 Å². The number of carbonyl (C=O) groups is 3. The molecule has 0 unspecified atom stereocenters. The summed E-state index contributed by atoms with van der Waals surface area (Å²) in [6.45, 7) is 1.93. The summed E-state index contributed by atoms with van der Waals surface area (Å²) in [5.41, 5.74) is 2.73. The van der Waals surface area contributed by atoms with Crippen molar-refractivity contribution in [3.8, 4) is 5.69 Å². The van der Waals surface area contributed by atoms with E-state index in [-0.39, 0.29) is 11.3 Å². The molecule has 29 heavy (non-hydrogen) atoms. The van der Waals surface area contributed by atoms with Gasteiger partial charge in [0.25, 0.3) is 11.8 Å². The van der Waals surface area contributed by atoms with Gasteiger partial charge in [0.15, 0.2) is 0 Å². The summed E-state index contributed by atoms with van der Waals surface area (Å²) >= 11 is 5.98. The molecular weight excluding hydrogens is 390 g/mol. The first-order chi connectivity index (χ1) is 13.9. The minimum absolute atomic E-state index is 0.130. The third kappa shape index (κ3) is 3.58. The topological polar surface area (TPSA) is 71.4 Å². The normalized spacial score (nSPS) is 15.7. The minimum atomic E-state index is -0.808. The molecule has 2 aromatic carbocycles. The summed E-state index contributed by atoms with van der Waals surface area (Å²) in [4.78, 5) is 38.5. The molecule has 0 saturated carbocycles. The largest absolute Gasteiger partial charge is 0.335 e. The van der Waals surface area contributed by atoms with Crippen molar-refractivity contribution in [1.29, 1.82) is 0 Å². The number of para-hydroxylation sites is 1. The van der Waals surface area contributed by atoms with E-state index in [2.05, 4.69) is 5.32 Å². The highest BCUT2D eigenvalue weighted by Gasteiger charge is 2.36. The second-order valence-corrected chi connectivity index (χ2v) is 6.99. The Morgan fingerprint density at radius 1 is 0.931 bits per heavy atom. The van der Waals surface area contributed by atoms with Crippen LogP contribution >= 0.6 is 11.6 Å². The molecule has 1 aromatic heterocycles. The number of benzene rings is 2. The van der Waals surface area contributed by atoms with Gasteiger partial charge in [0, 0.05) is 22.6 Å². The summed E-state index contributed by atoms with van der Waals surface area (Å²) in [5.74, 6) is -1.44. The molecule has 1 N–H and O–H groups in total. The number of nitrogens with zero attached hydrogens (tertiary/aromatic N) is 2. The molecular formula is C22H16ClN3O3. The van der Waals surface area contributed by atoms with E-state index in [4.69, 9.17) is 11.6 Å².